The van der Waals surface area contributed by atoms with E-state index in [4.69, 9.17) is 4.74 Å². The Morgan fingerprint density at radius 1 is 1.24 bits per heavy atom. The van der Waals surface area contributed by atoms with Gasteiger partial charge in [-0.1, -0.05) is 45.0 Å². The van der Waals surface area contributed by atoms with Crippen LogP contribution in [0.4, 0.5) is 0 Å². The Morgan fingerprint density at radius 3 is 2.43 bits per heavy atom. The first-order valence-electron chi connectivity index (χ1n) is 8.17. The molecule has 1 heterocycles. The van der Waals surface area contributed by atoms with Gasteiger partial charge in [0.1, 0.15) is 6.10 Å². The molecule has 1 saturated heterocycles. The number of benzene rings is 1. The number of rotatable bonds is 6. The maximum atomic E-state index is 12.2. The summed E-state index contributed by atoms with van der Waals surface area (Å²) in [7, 11) is 0. The number of nitrogens with one attached hydrogen (secondary N) is 1. The lowest BCUT2D eigenvalue weighted by Crippen LogP contribution is -2.36. The van der Waals surface area contributed by atoms with Gasteiger partial charge < -0.3 is 10.1 Å². The van der Waals surface area contributed by atoms with Gasteiger partial charge in [0.25, 0.3) is 0 Å². The van der Waals surface area contributed by atoms with E-state index in [9.17, 15) is 4.79 Å². The Kier molecular flexibility index (Phi) is 5.80. The highest BCUT2D eigenvalue weighted by Crippen LogP contribution is 2.23. The summed E-state index contributed by atoms with van der Waals surface area (Å²) in [6.45, 7) is 7.25. The van der Waals surface area contributed by atoms with E-state index in [1.54, 1.807) is 0 Å². The molecule has 2 rings (SSSR count). The minimum atomic E-state index is -0.251. The van der Waals surface area contributed by atoms with Crippen LogP contribution in [0.2, 0.25) is 0 Å². The van der Waals surface area contributed by atoms with Crippen LogP contribution < -0.4 is 5.32 Å². The lowest BCUT2D eigenvalue weighted by Gasteiger charge is -2.20. The fraction of sp³-hybridized carbons (Fsp3) is 0.611. The van der Waals surface area contributed by atoms with Gasteiger partial charge in [0.15, 0.2) is 0 Å². The fourth-order valence-electron chi connectivity index (χ4n) is 2.76. The van der Waals surface area contributed by atoms with Crippen LogP contribution in [0.25, 0.3) is 0 Å². The lowest BCUT2D eigenvalue weighted by atomic mass is 9.95. The van der Waals surface area contributed by atoms with Crippen LogP contribution in [0.5, 0.6) is 0 Å². The topological polar surface area (TPSA) is 38.3 Å². The molecule has 3 heteroatoms. The summed E-state index contributed by atoms with van der Waals surface area (Å²) < 4.78 is 5.45. The predicted octanol–water partition coefficient (Wildman–Crippen LogP) is 3.95. The smallest absolute Gasteiger partial charge is 0.249 e. The molecular formula is C18H27NO2. The molecule has 1 aliphatic heterocycles. The van der Waals surface area contributed by atoms with E-state index in [1.165, 1.54) is 11.1 Å². The molecule has 0 aromatic heterocycles. The van der Waals surface area contributed by atoms with E-state index in [1.807, 2.05) is 0 Å². The van der Waals surface area contributed by atoms with Gasteiger partial charge in [0, 0.05) is 6.61 Å². The van der Waals surface area contributed by atoms with Crippen LogP contribution in [-0.2, 0) is 9.53 Å². The van der Waals surface area contributed by atoms with Crippen LogP contribution in [0, 0.1) is 0 Å². The Bertz CT molecular complexity index is 449. The maximum absolute atomic E-state index is 12.2. The molecule has 0 radical (unpaired) electrons. The van der Waals surface area contributed by atoms with Gasteiger partial charge in [0.2, 0.25) is 5.91 Å². The summed E-state index contributed by atoms with van der Waals surface area (Å²) in [5.74, 6) is 0.617. The van der Waals surface area contributed by atoms with Crippen molar-refractivity contribution in [3.8, 4) is 0 Å². The third-order valence-electron chi connectivity index (χ3n) is 4.47. The monoisotopic (exact) mass is 289 g/mol. The molecule has 0 aliphatic carbocycles. The first-order valence-corrected chi connectivity index (χ1v) is 8.17. The summed E-state index contributed by atoms with van der Waals surface area (Å²) in [4.78, 5) is 12.2. The normalized spacial score (nSPS) is 21.0. The first kappa shape index (κ1) is 16.0. The standard InChI is InChI=1S/C18H27NO2/c1-4-13(3)14-8-10-15(11-9-14)16(5-2)19-18(20)17-7-6-12-21-17/h8-11,13,16-17H,4-7,12H2,1-3H3,(H,19,20)/t13-,16+,17-/m0/s1. The highest BCUT2D eigenvalue weighted by Gasteiger charge is 2.25. The molecule has 0 unspecified atom stereocenters. The van der Waals surface area contributed by atoms with E-state index < -0.39 is 0 Å². The average molecular weight is 289 g/mol. The third kappa shape index (κ3) is 4.07. The highest BCUT2D eigenvalue weighted by atomic mass is 16.5. The van der Waals surface area contributed by atoms with Crippen molar-refractivity contribution in [2.45, 2.75) is 64.5 Å². The molecule has 3 atom stereocenters. The number of carbonyl (C=O) groups excluding carboxylic acids is 1. The second-order valence-corrected chi connectivity index (χ2v) is 5.95. The predicted molar refractivity (Wildman–Crippen MR) is 85.3 cm³/mol. The lowest BCUT2D eigenvalue weighted by molar-refractivity contribution is -0.130. The molecule has 1 N–H and O–H groups in total. The summed E-state index contributed by atoms with van der Waals surface area (Å²) in [5, 5.41) is 3.12. The number of carbonyl (C=O) groups is 1. The van der Waals surface area contributed by atoms with Gasteiger partial charge in [-0.05, 0) is 42.7 Å². The van der Waals surface area contributed by atoms with Crippen molar-refractivity contribution in [2.24, 2.45) is 0 Å². The van der Waals surface area contributed by atoms with Crippen LogP contribution >= 0.6 is 0 Å². The number of ether oxygens (including phenoxy) is 1. The van der Waals surface area contributed by atoms with Gasteiger partial charge in [-0.2, -0.15) is 0 Å². The van der Waals surface area contributed by atoms with E-state index in [-0.39, 0.29) is 18.1 Å². The summed E-state index contributed by atoms with van der Waals surface area (Å²) in [6, 6.07) is 8.73. The molecule has 1 aliphatic rings. The van der Waals surface area contributed by atoms with Gasteiger partial charge in [-0.25, -0.2) is 0 Å². The van der Waals surface area contributed by atoms with Crippen molar-refractivity contribution in [3.05, 3.63) is 35.4 Å². The zero-order chi connectivity index (χ0) is 15.2. The van der Waals surface area contributed by atoms with E-state index >= 15 is 0 Å². The van der Waals surface area contributed by atoms with Crippen LogP contribution in [-0.4, -0.2) is 18.6 Å². The molecule has 1 aromatic rings. The Balaban J connectivity index is 2.01. The molecule has 116 valence electrons. The number of amides is 1. The maximum Gasteiger partial charge on any atom is 0.249 e. The Morgan fingerprint density at radius 2 is 1.90 bits per heavy atom. The molecule has 0 saturated carbocycles. The minimum absolute atomic E-state index is 0.0327. The van der Waals surface area contributed by atoms with Crippen molar-refractivity contribution >= 4 is 5.91 Å². The van der Waals surface area contributed by atoms with Gasteiger partial charge in [-0.3, -0.25) is 4.79 Å². The van der Waals surface area contributed by atoms with Crippen molar-refractivity contribution in [2.75, 3.05) is 6.61 Å². The van der Waals surface area contributed by atoms with Crippen molar-refractivity contribution < 1.29 is 9.53 Å². The quantitative estimate of drug-likeness (QED) is 0.861. The molecular weight excluding hydrogens is 262 g/mol. The summed E-state index contributed by atoms with van der Waals surface area (Å²) in [5.41, 5.74) is 2.54. The molecule has 1 fully saturated rings. The van der Waals surface area contributed by atoms with Crippen molar-refractivity contribution in [1.29, 1.82) is 0 Å². The first-order chi connectivity index (χ1) is 10.2. The van der Waals surface area contributed by atoms with Gasteiger partial charge >= 0.3 is 0 Å². The van der Waals surface area contributed by atoms with Crippen LogP contribution in [0.1, 0.15) is 69.5 Å². The second-order valence-electron chi connectivity index (χ2n) is 5.95. The van der Waals surface area contributed by atoms with Crippen LogP contribution in [0.15, 0.2) is 24.3 Å². The average Bonchev–Trinajstić information content (AvgIpc) is 3.06. The Hall–Kier alpha value is -1.35. The van der Waals surface area contributed by atoms with E-state index in [2.05, 4.69) is 50.4 Å². The summed E-state index contributed by atoms with van der Waals surface area (Å²) in [6.07, 6.45) is 3.61. The zero-order valence-electron chi connectivity index (χ0n) is 13.4. The van der Waals surface area contributed by atoms with E-state index in [0.717, 1.165) is 25.7 Å². The molecule has 1 amide bonds. The Labute approximate surface area is 128 Å². The van der Waals surface area contributed by atoms with Crippen LogP contribution in [0.3, 0.4) is 0 Å². The fourth-order valence-corrected chi connectivity index (χ4v) is 2.76. The second kappa shape index (κ2) is 7.60. The van der Waals surface area contributed by atoms with Gasteiger partial charge in [0.05, 0.1) is 6.04 Å². The summed E-state index contributed by atoms with van der Waals surface area (Å²) >= 11 is 0. The van der Waals surface area contributed by atoms with E-state index in [0.29, 0.717) is 12.5 Å². The van der Waals surface area contributed by atoms with Crippen molar-refractivity contribution in [1.82, 2.24) is 5.32 Å². The molecule has 0 bridgehead atoms. The highest BCUT2D eigenvalue weighted by molar-refractivity contribution is 5.81. The number of hydrogen-bond donors (Lipinski definition) is 1. The number of hydrogen-bond acceptors (Lipinski definition) is 2. The largest absolute Gasteiger partial charge is 0.368 e. The molecule has 3 nitrogen and oxygen atoms in total. The minimum Gasteiger partial charge on any atom is -0.368 e. The molecule has 0 spiro atoms. The SMILES string of the molecule is CC[C@H](C)c1ccc([C@@H](CC)NC(=O)[C@@H]2CCCO2)cc1. The third-order valence-corrected chi connectivity index (χ3v) is 4.47. The molecule has 1 aromatic carbocycles. The molecule has 21 heavy (non-hydrogen) atoms. The van der Waals surface area contributed by atoms with Gasteiger partial charge in [-0.15, -0.1) is 0 Å². The zero-order valence-corrected chi connectivity index (χ0v) is 13.4. The van der Waals surface area contributed by atoms with Crippen molar-refractivity contribution in [3.63, 3.8) is 0 Å².